The second-order valence-corrected chi connectivity index (χ2v) is 6.43. The van der Waals surface area contributed by atoms with Crippen molar-refractivity contribution in [1.82, 2.24) is 9.55 Å². The lowest BCUT2D eigenvalue weighted by atomic mass is 10.1. The first-order valence-corrected chi connectivity index (χ1v) is 7.43. The number of H-pyrrole nitrogens is 1. The van der Waals surface area contributed by atoms with E-state index in [9.17, 15) is 19.8 Å². The molecule has 0 aliphatic carbocycles. The van der Waals surface area contributed by atoms with Crippen molar-refractivity contribution >= 4 is 21.6 Å². The Bertz CT molecular complexity index is 530. The normalized spacial score (nSPS) is 32.4. The highest BCUT2D eigenvalue weighted by atomic mass is 33.1. The molecule has 1 fully saturated rings. The van der Waals surface area contributed by atoms with Crippen LogP contribution in [0, 0.1) is 0 Å². The Morgan fingerprint density at radius 1 is 1.28 bits per heavy atom. The second-order valence-electron chi connectivity index (χ2n) is 3.80. The summed E-state index contributed by atoms with van der Waals surface area (Å²) in [5.41, 5.74) is -1.16. The molecule has 2 rings (SSSR count). The van der Waals surface area contributed by atoms with Crippen molar-refractivity contribution < 1.29 is 15.3 Å². The Balaban J connectivity index is 2.29. The molecule has 7 nitrogen and oxygen atoms in total. The lowest BCUT2D eigenvalue weighted by Crippen LogP contribution is -2.47. The van der Waals surface area contributed by atoms with Crippen LogP contribution in [0.4, 0.5) is 0 Å². The summed E-state index contributed by atoms with van der Waals surface area (Å²) in [6.45, 7) is -0.261. The molecule has 0 amide bonds. The van der Waals surface area contributed by atoms with Crippen LogP contribution in [0.1, 0.15) is 5.37 Å². The summed E-state index contributed by atoms with van der Waals surface area (Å²) in [5, 5.41) is 27.5. The van der Waals surface area contributed by atoms with E-state index in [1.807, 2.05) is 0 Å². The fourth-order valence-corrected chi connectivity index (χ4v) is 4.65. The topological polar surface area (TPSA) is 116 Å². The quantitative estimate of drug-likeness (QED) is 0.491. The Labute approximate surface area is 109 Å². The first-order chi connectivity index (χ1) is 8.54. The molecule has 100 valence electrons. The average Bonchev–Trinajstić information content (AvgIpc) is 2.34. The van der Waals surface area contributed by atoms with Crippen molar-refractivity contribution in [1.29, 1.82) is 0 Å². The summed E-state index contributed by atoms with van der Waals surface area (Å²) in [4.78, 5) is 24.6. The third kappa shape index (κ3) is 2.50. The van der Waals surface area contributed by atoms with E-state index in [0.717, 1.165) is 4.57 Å². The van der Waals surface area contributed by atoms with Crippen molar-refractivity contribution in [2.45, 2.75) is 22.8 Å². The lowest BCUT2D eigenvalue weighted by Gasteiger charge is -2.35. The Hall–Kier alpha value is -0.740. The number of hydrogen-bond donors (Lipinski definition) is 4. The number of aliphatic hydroxyl groups is 3. The minimum absolute atomic E-state index is 0.261. The summed E-state index contributed by atoms with van der Waals surface area (Å²) < 4.78 is 1.15. The molecule has 2 heterocycles. The molecule has 1 aliphatic heterocycles. The number of aromatic nitrogens is 2. The van der Waals surface area contributed by atoms with Gasteiger partial charge in [0.2, 0.25) is 0 Å². The van der Waals surface area contributed by atoms with E-state index in [0.29, 0.717) is 0 Å². The van der Waals surface area contributed by atoms with Gasteiger partial charge in [0.25, 0.3) is 5.56 Å². The summed E-state index contributed by atoms with van der Waals surface area (Å²) >= 11 is 0. The van der Waals surface area contributed by atoms with Crippen LogP contribution < -0.4 is 11.2 Å². The van der Waals surface area contributed by atoms with Gasteiger partial charge in [0.1, 0.15) is 11.5 Å². The maximum absolute atomic E-state index is 11.6. The lowest BCUT2D eigenvalue weighted by molar-refractivity contribution is -0.00329. The molecule has 0 radical (unpaired) electrons. The van der Waals surface area contributed by atoms with Crippen molar-refractivity contribution in [2.24, 2.45) is 0 Å². The molecule has 0 saturated carbocycles. The van der Waals surface area contributed by atoms with Crippen molar-refractivity contribution in [2.75, 3.05) is 6.61 Å². The zero-order valence-electron chi connectivity index (χ0n) is 9.09. The van der Waals surface area contributed by atoms with Crippen molar-refractivity contribution in [3.05, 3.63) is 33.1 Å². The zero-order chi connectivity index (χ0) is 13.3. The first kappa shape index (κ1) is 13.7. The molecule has 4 N–H and O–H groups in total. The van der Waals surface area contributed by atoms with Gasteiger partial charge in [-0.1, -0.05) is 21.6 Å². The SMILES string of the molecule is O=c1ccn([C@@H]2SS[C@H](CO)[C@@H](O)[C@H]2O)c(=O)[nH]1. The van der Waals surface area contributed by atoms with E-state index in [4.69, 9.17) is 5.11 Å². The van der Waals surface area contributed by atoms with Gasteiger partial charge in [-0.25, -0.2) is 4.79 Å². The van der Waals surface area contributed by atoms with Crippen molar-refractivity contribution in [3.63, 3.8) is 0 Å². The molecule has 1 aromatic rings. The minimum Gasteiger partial charge on any atom is -0.395 e. The third-order valence-corrected chi connectivity index (χ3v) is 5.76. The maximum atomic E-state index is 11.6. The van der Waals surface area contributed by atoms with Crippen LogP contribution in [0.25, 0.3) is 0 Å². The predicted octanol–water partition coefficient (Wildman–Crippen LogP) is -1.49. The van der Waals surface area contributed by atoms with Gasteiger partial charge in [-0.05, 0) is 0 Å². The summed E-state index contributed by atoms with van der Waals surface area (Å²) in [5.74, 6) is 0. The molecule has 1 saturated heterocycles. The van der Waals surface area contributed by atoms with Crippen LogP contribution in [-0.2, 0) is 0 Å². The third-order valence-electron chi connectivity index (χ3n) is 2.61. The average molecular weight is 292 g/mol. The highest BCUT2D eigenvalue weighted by molar-refractivity contribution is 8.77. The van der Waals surface area contributed by atoms with Gasteiger partial charge < -0.3 is 15.3 Å². The largest absolute Gasteiger partial charge is 0.395 e. The van der Waals surface area contributed by atoms with Gasteiger partial charge in [0.15, 0.2) is 0 Å². The fraction of sp³-hybridized carbons (Fsp3) is 0.556. The molecule has 0 unspecified atom stereocenters. The van der Waals surface area contributed by atoms with E-state index in [1.165, 1.54) is 33.9 Å². The highest BCUT2D eigenvalue weighted by Gasteiger charge is 2.39. The number of hydrogen-bond acceptors (Lipinski definition) is 7. The van der Waals surface area contributed by atoms with E-state index in [-0.39, 0.29) is 6.61 Å². The van der Waals surface area contributed by atoms with Crippen LogP contribution in [0.15, 0.2) is 21.9 Å². The molecule has 4 atom stereocenters. The van der Waals surface area contributed by atoms with Gasteiger partial charge >= 0.3 is 5.69 Å². The van der Waals surface area contributed by atoms with Gasteiger partial charge in [0, 0.05) is 12.3 Å². The molecule has 1 aliphatic rings. The number of rotatable bonds is 2. The van der Waals surface area contributed by atoms with Crippen molar-refractivity contribution in [3.8, 4) is 0 Å². The molecule has 0 bridgehead atoms. The van der Waals surface area contributed by atoms with Crippen LogP contribution in [0.3, 0.4) is 0 Å². The molecular formula is C9H12N2O5S2. The molecule has 9 heteroatoms. The number of nitrogens with one attached hydrogen (secondary N) is 1. The Kier molecular flexibility index (Phi) is 4.17. The summed E-state index contributed by atoms with van der Waals surface area (Å²) in [6.07, 6.45) is -1.06. The van der Waals surface area contributed by atoms with Gasteiger partial charge in [0.05, 0.1) is 18.0 Å². The predicted molar refractivity (Wildman–Crippen MR) is 68.4 cm³/mol. The second kappa shape index (κ2) is 5.49. The summed E-state index contributed by atoms with van der Waals surface area (Å²) in [7, 11) is 2.36. The molecule has 0 spiro atoms. The Morgan fingerprint density at radius 2 is 2.00 bits per heavy atom. The maximum Gasteiger partial charge on any atom is 0.329 e. The van der Waals surface area contributed by atoms with Crippen LogP contribution in [-0.4, -0.2) is 48.9 Å². The molecule has 18 heavy (non-hydrogen) atoms. The van der Waals surface area contributed by atoms with Gasteiger partial charge in [-0.3, -0.25) is 14.3 Å². The minimum atomic E-state index is -1.20. The number of nitrogens with zero attached hydrogens (tertiary/aromatic N) is 1. The van der Waals surface area contributed by atoms with Gasteiger partial charge in [-0.15, -0.1) is 0 Å². The first-order valence-electron chi connectivity index (χ1n) is 5.15. The van der Waals surface area contributed by atoms with Crippen LogP contribution >= 0.6 is 21.6 Å². The zero-order valence-corrected chi connectivity index (χ0v) is 10.7. The molecule has 0 aromatic carbocycles. The standard InChI is InChI=1S/C9H12N2O5S2/c12-3-4-6(14)7(15)8(18-17-4)11-2-1-5(13)10-9(11)16/h1-2,4,6-8,12,14-15H,3H2,(H,10,13,16)/t4-,6-,7-,8-/m1/s1. The number of aromatic amines is 1. The van der Waals surface area contributed by atoms with E-state index in [1.54, 1.807) is 0 Å². The molecular weight excluding hydrogens is 280 g/mol. The molecule has 1 aromatic heterocycles. The van der Waals surface area contributed by atoms with Crippen LogP contribution in [0.5, 0.6) is 0 Å². The number of aliphatic hydroxyl groups excluding tert-OH is 3. The van der Waals surface area contributed by atoms with E-state index < -0.39 is 34.1 Å². The van der Waals surface area contributed by atoms with Gasteiger partial charge in [-0.2, -0.15) is 0 Å². The van der Waals surface area contributed by atoms with E-state index in [2.05, 4.69) is 4.98 Å². The highest BCUT2D eigenvalue weighted by Crippen LogP contribution is 2.46. The van der Waals surface area contributed by atoms with E-state index >= 15 is 0 Å². The monoisotopic (exact) mass is 292 g/mol. The Morgan fingerprint density at radius 3 is 2.61 bits per heavy atom. The fourth-order valence-electron chi connectivity index (χ4n) is 1.61. The summed E-state index contributed by atoms with van der Waals surface area (Å²) in [6, 6.07) is 1.17. The van der Waals surface area contributed by atoms with Crippen LogP contribution in [0.2, 0.25) is 0 Å². The smallest absolute Gasteiger partial charge is 0.329 e.